The quantitative estimate of drug-likeness (QED) is 0.663. The van der Waals surface area contributed by atoms with E-state index in [1.54, 1.807) is 22.4 Å². The number of piperidine rings is 1. The SMILES string of the molecule is CC1CCN(C(=O)c2nc3nc(-c4cccs4)cc(C(F)(F)F)n3n2)CC1. The molecule has 4 rings (SSSR count). The van der Waals surface area contributed by atoms with Crippen molar-refractivity contribution >= 4 is 23.0 Å². The van der Waals surface area contributed by atoms with Gasteiger partial charge in [-0.05, 0) is 36.3 Å². The number of halogens is 3. The Morgan fingerprint density at radius 1 is 1.26 bits per heavy atom. The maximum absolute atomic E-state index is 13.5. The number of hydrogen-bond acceptors (Lipinski definition) is 5. The third-order valence-corrected chi connectivity index (χ3v) is 5.53. The predicted octanol–water partition coefficient (Wildman–Crippen LogP) is 3.74. The van der Waals surface area contributed by atoms with Crippen LogP contribution in [0.25, 0.3) is 16.3 Å². The average Bonchev–Trinajstić information content (AvgIpc) is 3.29. The number of rotatable bonds is 2. The summed E-state index contributed by atoms with van der Waals surface area (Å²) in [5, 5.41) is 5.59. The van der Waals surface area contributed by atoms with Crippen molar-refractivity contribution in [1.29, 1.82) is 0 Å². The van der Waals surface area contributed by atoms with Crippen molar-refractivity contribution in [1.82, 2.24) is 24.5 Å². The summed E-state index contributed by atoms with van der Waals surface area (Å²) in [6.07, 6.45) is -2.94. The zero-order chi connectivity index (χ0) is 19.2. The Bertz CT molecular complexity index is 975. The molecule has 3 aromatic heterocycles. The van der Waals surface area contributed by atoms with E-state index >= 15 is 0 Å². The van der Waals surface area contributed by atoms with Gasteiger partial charge in [-0.1, -0.05) is 13.0 Å². The molecular weight excluding hydrogens is 379 g/mol. The van der Waals surface area contributed by atoms with Gasteiger partial charge in [-0.15, -0.1) is 16.4 Å². The zero-order valence-electron chi connectivity index (χ0n) is 14.4. The Morgan fingerprint density at radius 2 is 2.00 bits per heavy atom. The Labute approximate surface area is 156 Å². The largest absolute Gasteiger partial charge is 0.433 e. The molecule has 6 nitrogen and oxygen atoms in total. The van der Waals surface area contributed by atoms with Gasteiger partial charge in [-0.25, -0.2) is 4.98 Å². The fourth-order valence-corrected chi connectivity index (χ4v) is 3.75. The number of carbonyl (C=O) groups is 1. The normalized spacial score (nSPS) is 16.2. The molecule has 1 fully saturated rings. The summed E-state index contributed by atoms with van der Waals surface area (Å²) in [4.78, 5) is 23.0. The van der Waals surface area contributed by atoms with Gasteiger partial charge < -0.3 is 4.90 Å². The number of likely N-dealkylation sites (tertiary alicyclic amines) is 1. The molecule has 0 atom stereocenters. The van der Waals surface area contributed by atoms with Crippen LogP contribution in [0, 0.1) is 5.92 Å². The van der Waals surface area contributed by atoms with E-state index in [2.05, 4.69) is 22.0 Å². The van der Waals surface area contributed by atoms with Crippen LogP contribution in [0.2, 0.25) is 0 Å². The van der Waals surface area contributed by atoms with E-state index in [0.29, 0.717) is 28.4 Å². The first-order valence-corrected chi connectivity index (χ1v) is 9.39. The summed E-state index contributed by atoms with van der Waals surface area (Å²) in [6.45, 7) is 3.21. The van der Waals surface area contributed by atoms with Crippen LogP contribution in [0.15, 0.2) is 23.6 Å². The van der Waals surface area contributed by atoms with Crippen molar-refractivity contribution in [3.05, 3.63) is 35.1 Å². The molecule has 4 heterocycles. The highest BCUT2D eigenvalue weighted by atomic mass is 32.1. The molecular formula is C17H16F3N5OS. The highest BCUT2D eigenvalue weighted by molar-refractivity contribution is 7.13. The molecule has 1 amide bonds. The number of thiophene rings is 1. The smallest absolute Gasteiger partial charge is 0.336 e. The fraction of sp³-hybridized carbons (Fsp3) is 0.412. The zero-order valence-corrected chi connectivity index (χ0v) is 15.2. The maximum Gasteiger partial charge on any atom is 0.433 e. The van der Waals surface area contributed by atoms with Crippen LogP contribution in [0.5, 0.6) is 0 Å². The lowest BCUT2D eigenvalue weighted by atomic mass is 9.99. The third-order valence-electron chi connectivity index (χ3n) is 4.64. The van der Waals surface area contributed by atoms with Crippen LogP contribution in [-0.4, -0.2) is 43.5 Å². The lowest BCUT2D eigenvalue weighted by Crippen LogP contribution is -2.38. The van der Waals surface area contributed by atoms with Gasteiger partial charge in [0.1, 0.15) is 0 Å². The molecule has 142 valence electrons. The molecule has 0 N–H and O–H groups in total. The van der Waals surface area contributed by atoms with Crippen LogP contribution in [-0.2, 0) is 6.18 Å². The molecule has 0 aromatic carbocycles. The van der Waals surface area contributed by atoms with Crippen LogP contribution in [0.4, 0.5) is 13.2 Å². The maximum atomic E-state index is 13.5. The van der Waals surface area contributed by atoms with Crippen molar-refractivity contribution in [2.45, 2.75) is 25.9 Å². The highest BCUT2D eigenvalue weighted by Gasteiger charge is 2.36. The molecule has 0 radical (unpaired) electrons. The Hall–Kier alpha value is -2.49. The van der Waals surface area contributed by atoms with Gasteiger partial charge in [0.2, 0.25) is 5.82 Å². The first-order chi connectivity index (χ1) is 12.8. The summed E-state index contributed by atoms with van der Waals surface area (Å²) in [5.74, 6) is -0.430. The minimum absolute atomic E-state index is 0.156. The molecule has 0 spiro atoms. The summed E-state index contributed by atoms with van der Waals surface area (Å²) in [7, 11) is 0. The number of fused-ring (bicyclic) bond motifs is 1. The predicted molar refractivity (Wildman–Crippen MR) is 93.4 cm³/mol. The molecule has 0 aliphatic carbocycles. The van der Waals surface area contributed by atoms with Crippen LogP contribution in [0.1, 0.15) is 36.1 Å². The molecule has 0 saturated carbocycles. The monoisotopic (exact) mass is 395 g/mol. The molecule has 1 aliphatic rings. The van der Waals surface area contributed by atoms with E-state index in [0.717, 1.165) is 18.9 Å². The van der Waals surface area contributed by atoms with Crippen LogP contribution >= 0.6 is 11.3 Å². The highest BCUT2D eigenvalue weighted by Crippen LogP contribution is 2.33. The number of amides is 1. The first-order valence-electron chi connectivity index (χ1n) is 8.51. The number of hydrogen-bond donors (Lipinski definition) is 0. The summed E-state index contributed by atoms with van der Waals surface area (Å²) in [5.41, 5.74) is -0.849. The van der Waals surface area contributed by atoms with E-state index < -0.39 is 17.8 Å². The number of aromatic nitrogens is 4. The summed E-state index contributed by atoms with van der Waals surface area (Å²) < 4.78 is 41.2. The van der Waals surface area contributed by atoms with Gasteiger partial charge in [0.15, 0.2) is 5.69 Å². The number of carbonyl (C=O) groups excluding carboxylic acids is 1. The minimum atomic E-state index is -4.65. The lowest BCUT2D eigenvalue weighted by molar-refractivity contribution is -0.142. The van der Waals surface area contributed by atoms with E-state index in [1.165, 1.54) is 11.3 Å². The van der Waals surface area contributed by atoms with Gasteiger partial charge in [0.25, 0.3) is 11.7 Å². The van der Waals surface area contributed by atoms with Crippen molar-refractivity contribution < 1.29 is 18.0 Å². The molecule has 0 unspecified atom stereocenters. The summed E-state index contributed by atoms with van der Waals surface area (Å²) in [6, 6.07) is 4.35. The lowest BCUT2D eigenvalue weighted by Gasteiger charge is -2.29. The van der Waals surface area contributed by atoms with Gasteiger partial charge in [0, 0.05) is 13.1 Å². The van der Waals surface area contributed by atoms with Gasteiger partial charge in [0.05, 0.1) is 10.6 Å². The molecule has 1 aliphatic heterocycles. The second-order valence-corrected chi connectivity index (χ2v) is 7.57. The van der Waals surface area contributed by atoms with E-state index in [1.807, 2.05) is 0 Å². The van der Waals surface area contributed by atoms with Crippen LogP contribution < -0.4 is 0 Å². The summed E-state index contributed by atoms with van der Waals surface area (Å²) >= 11 is 1.28. The standard InChI is InChI=1S/C17H16F3N5OS/c1-10-4-6-24(7-5-10)15(26)14-22-16-21-11(12-3-2-8-27-12)9-13(17(18,19)20)25(16)23-14/h2-3,8-10H,4-7H2,1H3. The molecule has 10 heteroatoms. The number of nitrogens with zero attached hydrogens (tertiary/aromatic N) is 5. The second kappa shape index (κ2) is 6.59. The first kappa shape index (κ1) is 17.9. The molecule has 27 heavy (non-hydrogen) atoms. The van der Waals surface area contributed by atoms with Crippen molar-refractivity contribution in [2.24, 2.45) is 5.92 Å². The van der Waals surface area contributed by atoms with Crippen LogP contribution in [0.3, 0.4) is 0 Å². The third kappa shape index (κ3) is 3.41. The Kier molecular flexibility index (Phi) is 4.37. The van der Waals surface area contributed by atoms with Crippen molar-refractivity contribution in [3.63, 3.8) is 0 Å². The van der Waals surface area contributed by atoms with Gasteiger partial charge in [-0.2, -0.15) is 22.7 Å². The van der Waals surface area contributed by atoms with Crippen molar-refractivity contribution in [2.75, 3.05) is 13.1 Å². The average molecular weight is 395 g/mol. The van der Waals surface area contributed by atoms with Gasteiger partial charge >= 0.3 is 6.18 Å². The Balaban J connectivity index is 1.77. The minimum Gasteiger partial charge on any atom is -0.336 e. The molecule has 3 aromatic rings. The second-order valence-electron chi connectivity index (χ2n) is 6.62. The van der Waals surface area contributed by atoms with E-state index in [4.69, 9.17) is 0 Å². The number of alkyl halides is 3. The Morgan fingerprint density at radius 3 is 2.63 bits per heavy atom. The van der Waals surface area contributed by atoms with Gasteiger partial charge in [-0.3, -0.25) is 4.79 Å². The molecule has 1 saturated heterocycles. The van der Waals surface area contributed by atoms with E-state index in [-0.39, 0.29) is 17.3 Å². The van der Waals surface area contributed by atoms with E-state index in [9.17, 15) is 18.0 Å². The topological polar surface area (TPSA) is 63.4 Å². The van der Waals surface area contributed by atoms with Crippen molar-refractivity contribution in [3.8, 4) is 10.6 Å². The fourth-order valence-electron chi connectivity index (χ4n) is 3.06. The molecule has 0 bridgehead atoms.